The fraction of sp³-hybridized carbons (Fsp3) is 0.368. The van der Waals surface area contributed by atoms with Crippen molar-refractivity contribution in [1.29, 1.82) is 0 Å². The van der Waals surface area contributed by atoms with Crippen LogP contribution >= 0.6 is 34.3 Å². The Morgan fingerprint density at radius 1 is 1.19 bits per heavy atom. The lowest BCUT2D eigenvalue weighted by atomic mass is 10.2. The number of anilines is 1. The van der Waals surface area contributed by atoms with Gasteiger partial charge in [-0.3, -0.25) is 4.79 Å². The maximum atomic E-state index is 12.5. The Morgan fingerprint density at radius 3 is 2.63 bits per heavy atom. The maximum absolute atomic E-state index is 12.5. The van der Waals surface area contributed by atoms with Gasteiger partial charge in [-0.1, -0.05) is 29.0 Å². The summed E-state index contributed by atoms with van der Waals surface area (Å²) in [5.41, 5.74) is 2.13. The fourth-order valence-corrected chi connectivity index (χ4v) is 5.43. The van der Waals surface area contributed by atoms with Crippen LogP contribution in [0.25, 0.3) is 10.2 Å². The molecular weight excluding hydrogens is 402 g/mol. The number of fused-ring (bicyclic) bond motifs is 1. The van der Waals surface area contributed by atoms with Crippen LogP contribution in [-0.2, 0) is 11.2 Å². The Balaban J connectivity index is 1.44. The van der Waals surface area contributed by atoms with Gasteiger partial charge in [-0.15, -0.1) is 11.3 Å². The first kappa shape index (κ1) is 18.5. The quantitative estimate of drug-likeness (QED) is 0.632. The summed E-state index contributed by atoms with van der Waals surface area (Å²) in [6.45, 7) is 5.10. The highest BCUT2D eigenvalue weighted by atomic mass is 35.5. The van der Waals surface area contributed by atoms with E-state index in [4.69, 9.17) is 21.3 Å². The lowest BCUT2D eigenvalue weighted by Gasteiger charge is -2.34. The molecule has 0 saturated carbocycles. The maximum Gasteiger partial charge on any atom is 0.227 e. The normalized spacial score (nSPS) is 14.8. The first-order valence-corrected chi connectivity index (χ1v) is 10.8. The largest absolute Gasteiger partial charge is 0.494 e. The van der Waals surface area contributed by atoms with Crippen LogP contribution in [0.4, 0.5) is 5.13 Å². The van der Waals surface area contributed by atoms with E-state index in [1.54, 1.807) is 18.4 Å². The molecule has 0 spiro atoms. The third kappa shape index (κ3) is 3.77. The van der Waals surface area contributed by atoms with Crippen LogP contribution in [-0.4, -0.2) is 49.1 Å². The molecule has 1 aliphatic heterocycles. The van der Waals surface area contributed by atoms with Crippen molar-refractivity contribution >= 4 is 55.5 Å². The number of piperazine rings is 1. The van der Waals surface area contributed by atoms with Crippen LogP contribution in [0.1, 0.15) is 10.4 Å². The Hall–Kier alpha value is -1.83. The van der Waals surface area contributed by atoms with Gasteiger partial charge in [0.1, 0.15) is 11.3 Å². The predicted molar refractivity (Wildman–Crippen MR) is 113 cm³/mol. The van der Waals surface area contributed by atoms with Gasteiger partial charge in [0.05, 0.1) is 22.6 Å². The number of hydrogen-bond donors (Lipinski definition) is 0. The minimum Gasteiger partial charge on any atom is -0.494 e. The first-order chi connectivity index (χ1) is 13.0. The highest BCUT2D eigenvalue weighted by molar-refractivity contribution is 7.22. The molecule has 2 aromatic heterocycles. The van der Waals surface area contributed by atoms with Gasteiger partial charge in [0.2, 0.25) is 5.91 Å². The third-order valence-corrected chi connectivity index (χ3v) is 7.25. The minimum absolute atomic E-state index is 0.162. The molecule has 0 bridgehead atoms. The average Bonchev–Trinajstić information content (AvgIpc) is 3.29. The van der Waals surface area contributed by atoms with Crippen LogP contribution < -0.4 is 9.64 Å². The summed E-state index contributed by atoms with van der Waals surface area (Å²) < 4.78 is 7.34. The zero-order chi connectivity index (χ0) is 19.0. The molecule has 5 nitrogen and oxygen atoms in total. The molecule has 0 N–H and O–H groups in total. The second kappa shape index (κ2) is 7.66. The third-order valence-electron chi connectivity index (χ3n) is 4.77. The molecule has 0 aliphatic carbocycles. The van der Waals surface area contributed by atoms with E-state index in [9.17, 15) is 4.79 Å². The van der Waals surface area contributed by atoms with E-state index >= 15 is 0 Å². The first-order valence-electron chi connectivity index (χ1n) is 8.76. The van der Waals surface area contributed by atoms with Crippen LogP contribution in [0.15, 0.2) is 24.3 Å². The Labute approximate surface area is 171 Å². The number of carbonyl (C=O) groups excluding carboxylic acids is 1. The molecule has 3 aromatic rings. The number of amides is 1. The van der Waals surface area contributed by atoms with Gasteiger partial charge >= 0.3 is 0 Å². The summed E-state index contributed by atoms with van der Waals surface area (Å²) in [5.74, 6) is 0.969. The topological polar surface area (TPSA) is 45.7 Å². The second-order valence-corrected chi connectivity index (χ2v) is 9.29. The number of thiazole rings is 1. The van der Waals surface area contributed by atoms with Crippen molar-refractivity contribution in [3.05, 3.63) is 39.0 Å². The molecule has 3 heterocycles. The Bertz CT molecular complexity index is 977. The second-order valence-electron chi connectivity index (χ2n) is 6.51. The molecule has 4 rings (SSSR count). The van der Waals surface area contributed by atoms with Crippen LogP contribution in [0.3, 0.4) is 0 Å². The smallest absolute Gasteiger partial charge is 0.227 e. The number of aryl methyl sites for hydroxylation is 1. The molecule has 1 fully saturated rings. The fourth-order valence-electron chi connectivity index (χ4n) is 3.25. The molecule has 0 radical (unpaired) electrons. The van der Waals surface area contributed by atoms with Crippen molar-refractivity contribution in [3.63, 3.8) is 0 Å². The number of benzene rings is 1. The summed E-state index contributed by atoms with van der Waals surface area (Å²) in [6, 6.07) is 7.80. The summed E-state index contributed by atoms with van der Waals surface area (Å²) >= 11 is 9.12. The summed E-state index contributed by atoms with van der Waals surface area (Å²) in [7, 11) is 1.67. The Morgan fingerprint density at radius 2 is 1.96 bits per heavy atom. The highest BCUT2D eigenvalue weighted by Crippen LogP contribution is 2.36. The summed E-state index contributed by atoms with van der Waals surface area (Å²) in [6.07, 6.45) is 0.426. The number of carbonyl (C=O) groups is 1. The SMILES string of the molecule is COc1ccc(C)c2sc(N3CCN(C(=O)Cc4ccc(Cl)s4)CC3)nc12. The number of hydrogen-bond acceptors (Lipinski definition) is 6. The number of thiophene rings is 1. The van der Waals surface area contributed by atoms with Gasteiger partial charge in [0.15, 0.2) is 5.13 Å². The van der Waals surface area contributed by atoms with Crippen molar-refractivity contribution in [2.24, 2.45) is 0 Å². The summed E-state index contributed by atoms with van der Waals surface area (Å²) in [5, 5.41) is 0.995. The molecule has 1 aliphatic rings. The van der Waals surface area contributed by atoms with Gasteiger partial charge < -0.3 is 14.5 Å². The van der Waals surface area contributed by atoms with Gasteiger partial charge in [0.25, 0.3) is 0 Å². The number of rotatable bonds is 4. The zero-order valence-corrected chi connectivity index (χ0v) is 17.6. The number of halogens is 1. The number of ether oxygens (including phenoxy) is 1. The predicted octanol–water partition coefficient (Wildman–Crippen LogP) is 4.22. The number of aromatic nitrogens is 1. The molecule has 1 saturated heterocycles. The van der Waals surface area contributed by atoms with Gasteiger partial charge in [-0.2, -0.15) is 0 Å². The van der Waals surface area contributed by atoms with Gasteiger partial charge in [-0.25, -0.2) is 4.98 Å². The number of methoxy groups -OCH3 is 1. The minimum atomic E-state index is 0.162. The summed E-state index contributed by atoms with van der Waals surface area (Å²) in [4.78, 5) is 22.5. The molecule has 142 valence electrons. The number of nitrogens with zero attached hydrogens (tertiary/aromatic N) is 3. The lowest BCUT2D eigenvalue weighted by molar-refractivity contribution is -0.130. The van der Waals surface area contributed by atoms with Crippen molar-refractivity contribution in [2.45, 2.75) is 13.3 Å². The van der Waals surface area contributed by atoms with E-state index in [0.29, 0.717) is 19.5 Å². The van der Waals surface area contributed by atoms with Crippen molar-refractivity contribution in [2.75, 3.05) is 38.2 Å². The standard InChI is InChI=1S/C19H20ClN3O2S2/c1-12-3-5-14(25-2)17-18(12)27-19(21-17)23-9-7-22(8-10-23)16(24)11-13-4-6-15(20)26-13/h3-6H,7-11H2,1-2H3. The van der Waals surface area contributed by atoms with Crippen LogP contribution in [0.5, 0.6) is 5.75 Å². The van der Waals surface area contributed by atoms with Gasteiger partial charge in [-0.05, 0) is 30.7 Å². The van der Waals surface area contributed by atoms with Crippen LogP contribution in [0.2, 0.25) is 4.34 Å². The van der Waals surface area contributed by atoms with E-state index in [1.165, 1.54) is 16.9 Å². The van der Waals surface area contributed by atoms with E-state index in [-0.39, 0.29) is 5.91 Å². The molecule has 0 unspecified atom stereocenters. The molecule has 1 aromatic carbocycles. The molecule has 0 atom stereocenters. The van der Waals surface area contributed by atoms with Crippen molar-refractivity contribution < 1.29 is 9.53 Å². The van der Waals surface area contributed by atoms with E-state index in [0.717, 1.165) is 43.4 Å². The zero-order valence-electron chi connectivity index (χ0n) is 15.2. The van der Waals surface area contributed by atoms with E-state index < -0.39 is 0 Å². The lowest BCUT2D eigenvalue weighted by Crippen LogP contribution is -2.49. The molecular formula is C19H20ClN3O2S2. The van der Waals surface area contributed by atoms with E-state index in [1.807, 2.05) is 23.1 Å². The van der Waals surface area contributed by atoms with Crippen molar-refractivity contribution in [3.8, 4) is 5.75 Å². The monoisotopic (exact) mass is 421 g/mol. The molecule has 8 heteroatoms. The van der Waals surface area contributed by atoms with Crippen molar-refractivity contribution in [1.82, 2.24) is 9.88 Å². The average molecular weight is 422 g/mol. The molecule has 1 amide bonds. The Kier molecular flexibility index (Phi) is 5.25. The van der Waals surface area contributed by atoms with Crippen LogP contribution in [0, 0.1) is 6.92 Å². The van der Waals surface area contributed by atoms with E-state index in [2.05, 4.69) is 17.9 Å². The highest BCUT2D eigenvalue weighted by Gasteiger charge is 2.24. The molecule has 27 heavy (non-hydrogen) atoms. The van der Waals surface area contributed by atoms with Gasteiger partial charge in [0, 0.05) is 31.1 Å².